The van der Waals surface area contributed by atoms with Crippen LogP contribution in [0.15, 0.2) is 53.1 Å². The molecule has 0 aliphatic rings. The van der Waals surface area contributed by atoms with Gasteiger partial charge in [-0.3, -0.25) is 5.10 Å². The van der Waals surface area contributed by atoms with E-state index < -0.39 is 0 Å². The van der Waals surface area contributed by atoms with Gasteiger partial charge in [0.05, 0.1) is 6.54 Å². The van der Waals surface area contributed by atoms with Crippen molar-refractivity contribution in [2.24, 2.45) is 0 Å². The smallest absolute Gasteiger partial charge is 0.134 e. The fourth-order valence-corrected chi connectivity index (χ4v) is 1.95. The molecule has 3 rings (SSSR count). The second-order valence-corrected chi connectivity index (χ2v) is 4.46. The second kappa shape index (κ2) is 5.71. The third kappa shape index (κ3) is 2.95. The molecule has 0 aliphatic heterocycles. The Balaban J connectivity index is 1.60. The maximum absolute atomic E-state index is 12.9. The van der Waals surface area contributed by atoms with Gasteiger partial charge in [-0.1, -0.05) is 0 Å². The lowest BCUT2D eigenvalue weighted by Gasteiger charge is -2.00. The van der Waals surface area contributed by atoms with E-state index in [4.69, 9.17) is 4.42 Å². The zero-order chi connectivity index (χ0) is 13.8. The van der Waals surface area contributed by atoms with Crippen molar-refractivity contribution in [1.82, 2.24) is 15.5 Å². The van der Waals surface area contributed by atoms with Gasteiger partial charge in [-0.25, -0.2) is 4.39 Å². The number of furan rings is 1. The third-order valence-electron chi connectivity index (χ3n) is 2.96. The third-order valence-corrected chi connectivity index (χ3v) is 2.96. The maximum atomic E-state index is 12.9. The quantitative estimate of drug-likeness (QED) is 0.749. The average molecular weight is 271 g/mol. The Kier molecular flexibility index (Phi) is 3.60. The number of benzene rings is 1. The van der Waals surface area contributed by atoms with Crippen LogP contribution in [0.4, 0.5) is 4.39 Å². The van der Waals surface area contributed by atoms with E-state index in [-0.39, 0.29) is 5.82 Å². The van der Waals surface area contributed by atoms with Gasteiger partial charge in [0.2, 0.25) is 0 Å². The van der Waals surface area contributed by atoms with Crippen molar-refractivity contribution in [1.29, 1.82) is 0 Å². The highest BCUT2D eigenvalue weighted by Crippen LogP contribution is 2.22. The van der Waals surface area contributed by atoms with Crippen molar-refractivity contribution in [2.75, 3.05) is 0 Å². The Bertz CT molecular complexity index is 659. The number of aromatic nitrogens is 2. The molecule has 0 bridgehead atoms. The van der Waals surface area contributed by atoms with Gasteiger partial charge in [0.15, 0.2) is 0 Å². The highest BCUT2D eigenvalue weighted by Gasteiger charge is 2.05. The number of aromatic amines is 1. The van der Waals surface area contributed by atoms with E-state index in [1.165, 1.54) is 12.1 Å². The van der Waals surface area contributed by atoms with Gasteiger partial charge in [-0.2, -0.15) is 5.10 Å². The van der Waals surface area contributed by atoms with Gasteiger partial charge in [0.1, 0.15) is 17.3 Å². The van der Waals surface area contributed by atoms with Crippen molar-refractivity contribution >= 4 is 0 Å². The summed E-state index contributed by atoms with van der Waals surface area (Å²) in [6.07, 6.45) is 1.72. The van der Waals surface area contributed by atoms with Crippen molar-refractivity contribution in [3.63, 3.8) is 0 Å². The fraction of sp³-hybridized carbons (Fsp3) is 0.133. The maximum Gasteiger partial charge on any atom is 0.134 e. The lowest BCUT2D eigenvalue weighted by Crippen LogP contribution is -2.12. The average Bonchev–Trinajstić information content (AvgIpc) is 3.11. The molecule has 5 heteroatoms. The molecule has 4 nitrogen and oxygen atoms in total. The topological polar surface area (TPSA) is 53.9 Å². The van der Waals surface area contributed by atoms with E-state index in [9.17, 15) is 4.39 Å². The highest BCUT2D eigenvalue weighted by molar-refractivity contribution is 5.57. The van der Waals surface area contributed by atoms with Crippen molar-refractivity contribution < 1.29 is 8.81 Å². The molecule has 20 heavy (non-hydrogen) atoms. The van der Waals surface area contributed by atoms with Crippen molar-refractivity contribution in [3.05, 3.63) is 65.9 Å². The van der Waals surface area contributed by atoms with Crippen molar-refractivity contribution in [2.45, 2.75) is 13.1 Å². The van der Waals surface area contributed by atoms with Crippen LogP contribution < -0.4 is 5.32 Å². The summed E-state index contributed by atoms with van der Waals surface area (Å²) in [7, 11) is 0. The minimum atomic E-state index is -0.248. The summed E-state index contributed by atoms with van der Waals surface area (Å²) >= 11 is 0. The Labute approximate surface area is 115 Å². The van der Waals surface area contributed by atoms with E-state index in [2.05, 4.69) is 15.5 Å². The van der Waals surface area contributed by atoms with Crippen LogP contribution in [0.5, 0.6) is 0 Å². The summed E-state index contributed by atoms with van der Waals surface area (Å²) in [5.74, 6) is 1.33. The number of hydrogen-bond acceptors (Lipinski definition) is 3. The van der Waals surface area contributed by atoms with Gasteiger partial charge < -0.3 is 9.73 Å². The monoisotopic (exact) mass is 271 g/mol. The van der Waals surface area contributed by atoms with E-state index in [1.807, 2.05) is 18.2 Å². The minimum Gasteiger partial charge on any atom is -0.460 e. The first-order valence-corrected chi connectivity index (χ1v) is 6.35. The first-order chi connectivity index (χ1) is 9.81. The van der Waals surface area contributed by atoms with E-state index in [0.717, 1.165) is 22.8 Å². The molecule has 0 saturated heterocycles. The zero-order valence-corrected chi connectivity index (χ0v) is 10.8. The lowest BCUT2D eigenvalue weighted by atomic mass is 10.2. The molecular weight excluding hydrogens is 257 g/mol. The number of rotatable bonds is 5. The standard InChI is InChI=1S/C15H14FN3O/c16-12-3-1-11(2-4-12)15-6-5-14(20-15)10-17-9-13-7-8-18-19-13/h1-8,17H,9-10H2,(H,18,19). The van der Waals surface area contributed by atoms with Gasteiger partial charge in [0.25, 0.3) is 0 Å². The first kappa shape index (κ1) is 12.6. The number of halogens is 1. The minimum absolute atomic E-state index is 0.248. The van der Waals surface area contributed by atoms with Crippen LogP contribution in [0.3, 0.4) is 0 Å². The predicted octanol–water partition coefficient (Wildman–Crippen LogP) is 3.10. The Morgan fingerprint density at radius 2 is 1.90 bits per heavy atom. The number of hydrogen-bond donors (Lipinski definition) is 2. The molecule has 0 aliphatic carbocycles. The van der Waals surface area contributed by atoms with E-state index in [1.54, 1.807) is 18.3 Å². The molecule has 0 atom stereocenters. The fourth-order valence-electron chi connectivity index (χ4n) is 1.95. The van der Waals surface area contributed by atoms with Crippen LogP contribution >= 0.6 is 0 Å². The Morgan fingerprint density at radius 1 is 1.05 bits per heavy atom. The van der Waals surface area contributed by atoms with Gasteiger partial charge in [-0.15, -0.1) is 0 Å². The molecule has 1 aromatic carbocycles. The Morgan fingerprint density at radius 3 is 2.65 bits per heavy atom. The summed E-state index contributed by atoms with van der Waals surface area (Å²) in [4.78, 5) is 0. The van der Waals surface area contributed by atoms with Crippen LogP contribution in [0, 0.1) is 5.82 Å². The molecule has 2 heterocycles. The lowest BCUT2D eigenvalue weighted by molar-refractivity contribution is 0.492. The molecule has 0 unspecified atom stereocenters. The normalized spacial score (nSPS) is 10.8. The van der Waals surface area contributed by atoms with Gasteiger partial charge in [-0.05, 0) is 42.5 Å². The predicted molar refractivity (Wildman–Crippen MR) is 73.2 cm³/mol. The Hall–Kier alpha value is -2.40. The summed E-state index contributed by atoms with van der Waals surface area (Å²) < 4.78 is 18.6. The van der Waals surface area contributed by atoms with Crippen molar-refractivity contribution in [3.8, 4) is 11.3 Å². The van der Waals surface area contributed by atoms with E-state index >= 15 is 0 Å². The first-order valence-electron chi connectivity index (χ1n) is 6.35. The largest absolute Gasteiger partial charge is 0.460 e. The summed E-state index contributed by atoms with van der Waals surface area (Å²) in [6, 6.07) is 12.0. The molecule has 2 aromatic heterocycles. The zero-order valence-electron chi connectivity index (χ0n) is 10.8. The molecule has 0 spiro atoms. The molecule has 0 saturated carbocycles. The molecular formula is C15H14FN3O. The van der Waals surface area contributed by atoms with Crippen LogP contribution in [-0.2, 0) is 13.1 Å². The van der Waals surface area contributed by atoms with E-state index in [0.29, 0.717) is 13.1 Å². The van der Waals surface area contributed by atoms with Gasteiger partial charge >= 0.3 is 0 Å². The number of nitrogens with zero attached hydrogens (tertiary/aromatic N) is 1. The number of nitrogens with one attached hydrogen (secondary N) is 2. The highest BCUT2D eigenvalue weighted by atomic mass is 19.1. The molecule has 0 amide bonds. The summed E-state index contributed by atoms with van der Waals surface area (Å²) in [5, 5.41) is 10.0. The second-order valence-electron chi connectivity index (χ2n) is 4.46. The molecule has 0 radical (unpaired) electrons. The van der Waals surface area contributed by atoms with Crippen LogP contribution in [-0.4, -0.2) is 10.2 Å². The van der Waals surface area contributed by atoms with Crippen LogP contribution in [0.25, 0.3) is 11.3 Å². The summed E-state index contributed by atoms with van der Waals surface area (Å²) in [6.45, 7) is 1.33. The molecule has 3 aromatic rings. The molecule has 2 N–H and O–H groups in total. The SMILES string of the molecule is Fc1ccc(-c2ccc(CNCc3ccn[nH]3)o2)cc1. The van der Waals surface area contributed by atoms with Crippen LogP contribution in [0.1, 0.15) is 11.5 Å². The van der Waals surface area contributed by atoms with Gasteiger partial charge in [0, 0.05) is 24.0 Å². The van der Waals surface area contributed by atoms with Crippen LogP contribution in [0.2, 0.25) is 0 Å². The number of H-pyrrole nitrogens is 1. The molecule has 0 fully saturated rings. The molecule has 102 valence electrons. The summed E-state index contributed by atoms with van der Waals surface area (Å²) in [5.41, 5.74) is 1.89.